The summed E-state index contributed by atoms with van der Waals surface area (Å²) >= 11 is 6.28. The minimum absolute atomic E-state index is 0.0646. The molecule has 1 N–H and O–H groups in total. The predicted octanol–water partition coefficient (Wildman–Crippen LogP) is 2.84. The van der Waals surface area contributed by atoms with Crippen LogP contribution in [0.5, 0.6) is 5.75 Å². The number of rotatable bonds is 5. The van der Waals surface area contributed by atoms with Gasteiger partial charge < -0.3 is 19.4 Å². The van der Waals surface area contributed by atoms with Gasteiger partial charge in [-0.25, -0.2) is 0 Å². The molecule has 1 amide bonds. The lowest BCUT2D eigenvalue weighted by Crippen LogP contribution is -2.32. The third-order valence-corrected chi connectivity index (χ3v) is 4.26. The highest BCUT2D eigenvalue weighted by molar-refractivity contribution is 6.36. The van der Waals surface area contributed by atoms with E-state index in [0.717, 1.165) is 23.1 Å². The molecule has 1 aromatic carbocycles. The van der Waals surface area contributed by atoms with Crippen LogP contribution in [0.15, 0.2) is 18.2 Å². The molecule has 0 saturated carbocycles. The normalized spacial score (nSPS) is 16.6. The quantitative estimate of drug-likeness (QED) is 0.861. The number of nitrogens with one attached hydrogen (secondary N) is 1. The number of aromatic nitrogens is 1. The first-order valence-electron chi connectivity index (χ1n) is 7.41. The third-order valence-electron chi connectivity index (χ3n) is 3.93. The van der Waals surface area contributed by atoms with E-state index in [4.69, 9.17) is 21.1 Å². The predicted molar refractivity (Wildman–Crippen MR) is 85.9 cm³/mol. The summed E-state index contributed by atoms with van der Waals surface area (Å²) in [6, 6.07) is 5.52. The molecule has 22 heavy (non-hydrogen) atoms. The summed E-state index contributed by atoms with van der Waals surface area (Å²) in [4.78, 5) is 12.4. The van der Waals surface area contributed by atoms with Crippen LogP contribution in [0.3, 0.4) is 0 Å². The largest absolute Gasteiger partial charge is 0.486 e. The molecule has 0 fully saturated rings. The number of hydrogen-bond acceptors (Lipinski definition) is 3. The number of methoxy groups -OCH3 is 1. The highest BCUT2D eigenvalue weighted by atomic mass is 35.5. The third kappa shape index (κ3) is 2.55. The smallest absolute Gasteiger partial charge is 0.268 e. The second kappa shape index (κ2) is 6.18. The Kier molecular flexibility index (Phi) is 4.27. The molecule has 118 valence electrons. The van der Waals surface area contributed by atoms with Crippen LogP contribution in [0.1, 0.15) is 23.8 Å². The van der Waals surface area contributed by atoms with E-state index in [1.165, 1.54) is 0 Å². The Morgan fingerprint density at radius 2 is 2.36 bits per heavy atom. The molecular weight excluding hydrogens is 304 g/mol. The molecule has 0 radical (unpaired) electrons. The Labute approximate surface area is 134 Å². The minimum atomic E-state index is -0.119. The van der Waals surface area contributed by atoms with Crippen molar-refractivity contribution in [1.82, 2.24) is 9.88 Å². The van der Waals surface area contributed by atoms with Gasteiger partial charge in [-0.2, -0.15) is 0 Å². The zero-order valence-electron chi connectivity index (χ0n) is 12.7. The maximum atomic E-state index is 12.4. The minimum Gasteiger partial charge on any atom is -0.486 e. The van der Waals surface area contributed by atoms with Crippen molar-refractivity contribution in [1.29, 1.82) is 0 Å². The summed E-state index contributed by atoms with van der Waals surface area (Å²) in [6.07, 6.45) is 0.946. The molecular formula is C16H19ClN2O3. The summed E-state index contributed by atoms with van der Waals surface area (Å²) in [7, 11) is 1.61. The maximum Gasteiger partial charge on any atom is 0.268 e. The van der Waals surface area contributed by atoms with Crippen molar-refractivity contribution in [3.05, 3.63) is 28.9 Å². The van der Waals surface area contributed by atoms with Gasteiger partial charge in [0.1, 0.15) is 17.5 Å². The van der Waals surface area contributed by atoms with E-state index in [2.05, 4.69) is 12.2 Å². The number of halogens is 1. The molecule has 1 atom stereocenters. The maximum absolute atomic E-state index is 12.4. The van der Waals surface area contributed by atoms with Gasteiger partial charge in [-0.05, 0) is 24.6 Å². The number of amides is 1. The first-order chi connectivity index (χ1) is 10.7. The molecule has 1 aliphatic rings. The van der Waals surface area contributed by atoms with E-state index in [1.807, 2.05) is 22.8 Å². The van der Waals surface area contributed by atoms with E-state index < -0.39 is 0 Å². The van der Waals surface area contributed by atoms with Gasteiger partial charge in [-0.3, -0.25) is 4.79 Å². The molecule has 3 rings (SSSR count). The Hall–Kier alpha value is -1.72. The summed E-state index contributed by atoms with van der Waals surface area (Å²) in [5.41, 5.74) is 1.51. The second-order valence-corrected chi connectivity index (χ2v) is 5.75. The molecule has 1 aliphatic heterocycles. The lowest BCUT2D eigenvalue weighted by atomic mass is 10.2. The first kappa shape index (κ1) is 15.2. The van der Waals surface area contributed by atoms with Crippen LogP contribution < -0.4 is 10.1 Å². The standard InChI is InChI=1S/C16H19ClN2O3/c1-3-10-9-19-13(16(20)18-6-7-21-2)8-11-12(17)4-5-14(22-10)15(11)19/h4-5,8,10H,3,6-7,9H2,1-2H3,(H,18,20)/t10-/m0/s1. The summed E-state index contributed by atoms with van der Waals surface area (Å²) in [6.45, 7) is 3.69. The van der Waals surface area contributed by atoms with E-state index in [-0.39, 0.29) is 12.0 Å². The number of hydrogen-bond donors (Lipinski definition) is 1. The van der Waals surface area contributed by atoms with Crippen molar-refractivity contribution in [2.75, 3.05) is 20.3 Å². The molecule has 2 aromatic rings. The fourth-order valence-corrected chi connectivity index (χ4v) is 2.98. The van der Waals surface area contributed by atoms with E-state index >= 15 is 0 Å². The van der Waals surface area contributed by atoms with Crippen LogP contribution in [0.2, 0.25) is 5.02 Å². The summed E-state index contributed by atoms with van der Waals surface area (Å²) < 4.78 is 12.9. The highest BCUT2D eigenvalue weighted by Crippen LogP contribution is 2.38. The molecule has 0 saturated heterocycles. The molecule has 0 aliphatic carbocycles. The van der Waals surface area contributed by atoms with Crippen LogP contribution in [0.4, 0.5) is 0 Å². The van der Waals surface area contributed by atoms with Crippen LogP contribution in [-0.2, 0) is 11.3 Å². The molecule has 0 bridgehead atoms. The zero-order valence-corrected chi connectivity index (χ0v) is 13.4. The number of nitrogens with zero attached hydrogens (tertiary/aromatic N) is 1. The van der Waals surface area contributed by atoms with Gasteiger partial charge in [-0.15, -0.1) is 0 Å². The molecule has 6 heteroatoms. The fourth-order valence-electron chi connectivity index (χ4n) is 2.78. The lowest BCUT2D eigenvalue weighted by Gasteiger charge is -2.26. The lowest BCUT2D eigenvalue weighted by molar-refractivity contribution is 0.0921. The Morgan fingerprint density at radius 1 is 1.55 bits per heavy atom. The zero-order chi connectivity index (χ0) is 15.7. The number of ether oxygens (including phenoxy) is 2. The Bertz CT molecular complexity index is 711. The Morgan fingerprint density at radius 3 is 3.09 bits per heavy atom. The van der Waals surface area contributed by atoms with Crippen molar-refractivity contribution >= 4 is 28.4 Å². The van der Waals surface area contributed by atoms with Gasteiger partial charge in [0.2, 0.25) is 0 Å². The molecule has 5 nitrogen and oxygen atoms in total. The summed E-state index contributed by atoms with van der Waals surface area (Å²) in [5.74, 6) is 0.667. The van der Waals surface area contributed by atoms with Crippen LogP contribution in [0, 0.1) is 0 Å². The average molecular weight is 323 g/mol. The van der Waals surface area contributed by atoms with Crippen molar-refractivity contribution < 1.29 is 14.3 Å². The van der Waals surface area contributed by atoms with Crippen molar-refractivity contribution in [3.63, 3.8) is 0 Å². The summed E-state index contributed by atoms with van der Waals surface area (Å²) in [5, 5.41) is 4.34. The van der Waals surface area contributed by atoms with Gasteiger partial charge in [-0.1, -0.05) is 18.5 Å². The van der Waals surface area contributed by atoms with E-state index in [0.29, 0.717) is 30.4 Å². The second-order valence-electron chi connectivity index (χ2n) is 5.34. The molecule has 0 unspecified atom stereocenters. The topological polar surface area (TPSA) is 52.5 Å². The van der Waals surface area contributed by atoms with E-state index in [9.17, 15) is 4.79 Å². The molecule has 2 heterocycles. The molecule has 1 aromatic heterocycles. The average Bonchev–Trinajstić information content (AvgIpc) is 2.92. The van der Waals surface area contributed by atoms with Gasteiger partial charge in [0.15, 0.2) is 0 Å². The van der Waals surface area contributed by atoms with Crippen LogP contribution in [0.25, 0.3) is 10.9 Å². The molecule has 0 spiro atoms. The first-order valence-corrected chi connectivity index (χ1v) is 7.79. The van der Waals surface area contributed by atoms with Gasteiger partial charge in [0.25, 0.3) is 5.91 Å². The SMILES string of the molecule is CC[C@H]1Cn2c(C(=O)NCCOC)cc3c(Cl)ccc(c32)O1. The fraction of sp³-hybridized carbons (Fsp3) is 0.438. The van der Waals surface area contributed by atoms with E-state index in [1.54, 1.807) is 7.11 Å². The van der Waals surface area contributed by atoms with Crippen molar-refractivity contribution in [3.8, 4) is 5.75 Å². The van der Waals surface area contributed by atoms with Crippen LogP contribution >= 0.6 is 11.6 Å². The van der Waals surface area contributed by atoms with Gasteiger partial charge in [0, 0.05) is 19.0 Å². The van der Waals surface area contributed by atoms with Gasteiger partial charge in [0.05, 0.1) is 23.7 Å². The van der Waals surface area contributed by atoms with Crippen LogP contribution in [-0.4, -0.2) is 36.8 Å². The number of carbonyl (C=O) groups is 1. The van der Waals surface area contributed by atoms with Crippen molar-refractivity contribution in [2.24, 2.45) is 0 Å². The monoisotopic (exact) mass is 322 g/mol. The number of carbonyl (C=O) groups excluding carboxylic acids is 1. The highest BCUT2D eigenvalue weighted by Gasteiger charge is 2.26. The Balaban J connectivity index is 2.03. The van der Waals surface area contributed by atoms with Crippen molar-refractivity contribution in [2.45, 2.75) is 26.0 Å². The van der Waals surface area contributed by atoms with Gasteiger partial charge >= 0.3 is 0 Å². The number of benzene rings is 1.